The molecule has 3 heteroatoms. The minimum atomic E-state index is 0.250. The molecule has 0 spiro atoms. The molecule has 1 aromatic carbocycles. The molecule has 0 fully saturated rings. The summed E-state index contributed by atoms with van der Waals surface area (Å²) in [4.78, 5) is 1.14. The maximum absolute atomic E-state index is 9.26. The Morgan fingerprint density at radius 3 is 2.56 bits per heavy atom. The molecule has 1 aromatic rings. The summed E-state index contributed by atoms with van der Waals surface area (Å²) >= 11 is 1.75. The van der Waals surface area contributed by atoms with E-state index in [1.165, 1.54) is 0 Å². The van der Waals surface area contributed by atoms with Crippen molar-refractivity contribution in [3.05, 3.63) is 24.3 Å². The highest BCUT2D eigenvalue weighted by Gasteiger charge is 2.13. The Kier molecular flexibility index (Phi) is 5.71. The third-order valence-electron chi connectivity index (χ3n) is 2.70. The molecule has 1 atom stereocenters. The van der Waals surface area contributed by atoms with Crippen LogP contribution in [0.15, 0.2) is 29.2 Å². The fourth-order valence-electron chi connectivity index (χ4n) is 1.39. The van der Waals surface area contributed by atoms with E-state index in [4.69, 9.17) is 4.74 Å². The molecule has 0 aliphatic heterocycles. The smallest absolute Gasteiger partial charge is 0.132 e. The molecule has 0 aromatic heterocycles. The predicted octanol–water partition coefficient (Wildman–Crippen LogP) is 3.05. The van der Waals surface area contributed by atoms with E-state index in [0.717, 1.165) is 16.4 Å². The summed E-state index contributed by atoms with van der Waals surface area (Å²) in [6.07, 6.45) is 0. The van der Waals surface area contributed by atoms with E-state index in [-0.39, 0.29) is 6.61 Å². The molecule has 0 amide bonds. The summed E-state index contributed by atoms with van der Waals surface area (Å²) in [5.41, 5.74) is 0. The van der Waals surface area contributed by atoms with Crippen LogP contribution in [0.25, 0.3) is 0 Å². The van der Waals surface area contributed by atoms with Gasteiger partial charge in [-0.15, -0.1) is 11.8 Å². The standard InChI is InChI=1S/C13H20O2S/c1-10(2)11(8-14)9-16-13-7-5-4-6-12(13)15-3/h4-7,10-11,14H,8-9H2,1-3H3/t11-/m0/s1. The number of thioether (sulfide) groups is 1. The molecule has 0 saturated carbocycles. The predicted molar refractivity (Wildman–Crippen MR) is 69.1 cm³/mol. The second-order valence-corrected chi connectivity index (χ2v) is 5.21. The van der Waals surface area contributed by atoms with E-state index >= 15 is 0 Å². The lowest BCUT2D eigenvalue weighted by atomic mass is 9.99. The molecule has 0 unspecified atom stereocenters. The fourth-order valence-corrected chi connectivity index (χ4v) is 2.74. The third-order valence-corrected chi connectivity index (χ3v) is 3.94. The molecule has 0 aliphatic carbocycles. The van der Waals surface area contributed by atoms with Crippen LogP contribution in [0.4, 0.5) is 0 Å². The normalized spacial score (nSPS) is 12.8. The van der Waals surface area contributed by atoms with Crippen LogP contribution in [0, 0.1) is 11.8 Å². The Labute approximate surface area is 102 Å². The van der Waals surface area contributed by atoms with Crippen molar-refractivity contribution >= 4 is 11.8 Å². The van der Waals surface area contributed by atoms with Crippen molar-refractivity contribution in [3.8, 4) is 5.75 Å². The number of aliphatic hydroxyl groups is 1. The van der Waals surface area contributed by atoms with Gasteiger partial charge in [0.15, 0.2) is 0 Å². The molecule has 0 saturated heterocycles. The minimum absolute atomic E-state index is 0.250. The first-order valence-corrected chi connectivity index (χ1v) is 6.54. The molecule has 0 aliphatic rings. The van der Waals surface area contributed by atoms with E-state index in [1.807, 2.05) is 18.2 Å². The minimum Gasteiger partial charge on any atom is -0.496 e. The SMILES string of the molecule is COc1ccccc1SC[C@H](CO)C(C)C. The second-order valence-electron chi connectivity index (χ2n) is 4.15. The van der Waals surface area contributed by atoms with Gasteiger partial charge in [0.25, 0.3) is 0 Å². The summed E-state index contributed by atoms with van der Waals surface area (Å²) in [6.45, 7) is 4.53. The molecule has 0 heterocycles. The van der Waals surface area contributed by atoms with E-state index in [2.05, 4.69) is 19.9 Å². The van der Waals surface area contributed by atoms with Crippen molar-refractivity contribution in [2.75, 3.05) is 19.5 Å². The van der Waals surface area contributed by atoms with E-state index < -0.39 is 0 Å². The first-order valence-electron chi connectivity index (χ1n) is 5.55. The summed E-state index contributed by atoms with van der Waals surface area (Å²) in [5.74, 6) is 2.68. The largest absolute Gasteiger partial charge is 0.496 e. The van der Waals surface area contributed by atoms with Gasteiger partial charge in [-0.2, -0.15) is 0 Å². The van der Waals surface area contributed by atoms with Crippen LogP contribution in [0.1, 0.15) is 13.8 Å². The number of hydrogen-bond acceptors (Lipinski definition) is 3. The molecule has 90 valence electrons. The quantitative estimate of drug-likeness (QED) is 0.775. The van der Waals surface area contributed by atoms with Crippen LogP contribution in [-0.4, -0.2) is 24.6 Å². The highest BCUT2D eigenvalue weighted by Crippen LogP contribution is 2.31. The van der Waals surface area contributed by atoms with Crippen LogP contribution >= 0.6 is 11.8 Å². The highest BCUT2D eigenvalue weighted by atomic mass is 32.2. The Morgan fingerprint density at radius 2 is 2.00 bits per heavy atom. The van der Waals surface area contributed by atoms with Crippen LogP contribution in [0.2, 0.25) is 0 Å². The van der Waals surface area contributed by atoms with Gasteiger partial charge in [-0.25, -0.2) is 0 Å². The van der Waals surface area contributed by atoms with Crippen molar-refractivity contribution in [2.24, 2.45) is 11.8 Å². The number of aliphatic hydroxyl groups excluding tert-OH is 1. The Balaban J connectivity index is 2.59. The zero-order valence-corrected chi connectivity index (χ0v) is 11.0. The van der Waals surface area contributed by atoms with E-state index in [0.29, 0.717) is 11.8 Å². The number of hydrogen-bond donors (Lipinski definition) is 1. The van der Waals surface area contributed by atoms with Gasteiger partial charge in [0.1, 0.15) is 5.75 Å². The first-order chi connectivity index (χ1) is 7.69. The average Bonchev–Trinajstić information content (AvgIpc) is 2.30. The van der Waals surface area contributed by atoms with Gasteiger partial charge >= 0.3 is 0 Å². The van der Waals surface area contributed by atoms with Crippen molar-refractivity contribution in [1.82, 2.24) is 0 Å². The molecule has 1 N–H and O–H groups in total. The van der Waals surface area contributed by atoms with Gasteiger partial charge in [-0.05, 0) is 24.0 Å². The van der Waals surface area contributed by atoms with Crippen LogP contribution in [0.3, 0.4) is 0 Å². The number of methoxy groups -OCH3 is 1. The van der Waals surface area contributed by atoms with Gasteiger partial charge in [0, 0.05) is 17.3 Å². The summed E-state index contributed by atoms with van der Waals surface area (Å²) in [6, 6.07) is 7.99. The van der Waals surface area contributed by atoms with Crippen LogP contribution in [0.5, 0.6) is 5.75 Å². The number of ether oxygens (including phenoxy) is 1. The van der Waals surface area contributed by atoms with E-state index in [1.54, 1.807) is 18.9 Å². The fraction of sp³-hybridized carbons (Fsp3) is 0.538. The monoisotopic (exact) mass is 240 g/mol. The second kappa shape index (κ2) is 6.81. The number of benzene rings is 1. The Bertz CT molecular complexity index is 313. The van der Waals surface area contributed by atoms with Gasteiger partial charge in [-0.3, -0.25) is 0 Å². The first kappa shape index (κ1) is 13.4. The van der Waals surface area contributed by atoms with Gasteiger partial charge in [0.05, 0.1) is 7.11 Å². The zero-order valence-electron chi connectivity index (χ0n) is 10.1. The van der Waals surface area contributed by atoms with E-state index in [9.17, 15) is 5.11 Å². The molecule has 1 rings (SSSR count). The van der Waals surface area contributed by atoms with Crippen molar-refractivity contribution in [1.29, 1.82) is 0 Å². The molecule has 0 radical (unpaired) electrons. The maximum Gasteiger partial charge on any atom is 0.132 e. The van der Waals surface area contributed by atoms with Crippen LogP contribution in [-0.2, 0) is 0 Å². The number of para-hydroxylation sites is 1. The zero-order chi connectivity index (χ0) is 12.0. The lowest BCUT2D eigenvalue weighted by Gasteiger charge is -2.18. The summed E-state index contributed by atoms with van der Waals surface area (Å²) in [5, 5.41) is 9.26. The molecule has 0 bridgehead atoms. The topological polar surface area (TPSA) is 29.5 Å². The Morgan fingerprint density at radius 1 is 1.31 bits per heavy atom. The van der Waals surface area contributed by atoms with Gasteiger partial charge < -0.3 is 9.84 Å². The molecule has 16 heavy (non-hydrogen) atoms. The average molecular weight is 240 g/mol. The summed E-state index contributed by atoms with van der Waals surface area (Å²) < 4.78 is 5.29. The van der Waals surface area contributed by atoms with Crippen molar-refractivity contribution in [2.45, 2.75) is 18.7 Å². The van der Waals surface area contributed by atoms with Crippen molar-refractivity contribution in [3.63, 3.8) is 0 Å². The third kappa shape index (κ3) is 3.72. The molecular weight excluding hydrogens is 220 g/mol. The number of rotatable bonds is 6. The maximum atomic E-state index is 9.26. The Hall–Kier alpha value is -0.670. The van der Waals surface area contributed by atoms with Gasteiger partial charge in [-0.1, -0.05) is 26.0 Å². The molecular formula is C13H20O2S. The van der Waals surface area contributed by atoms with Crippen LogP contribution < -0.4 is 4.74 Å². The lowest BCUT2D eigenvalue weighted by Crippen LogP contribution is -2.15. The summed E-state index contributed by atoms with van der Waals surface area (Å²) in [7, 11) is 1.69. The lowest BCUT2D eigenvalue weighted by molar-refractivity contribution is 0.206. The van der Waals surface area contributed by atoms with Gasteiger partial charge in [0.2, 0.25) is 0 Å². The van der Waals surface area contributed by atoms with Crippen molar-refractivity contribution < 1.29 is 9.84 Å². The highest BCUT2D eigenvalue weighted by molar-refractivity contribution is 7.99. The molecule has 2 nitrogen and oxygen atoms in total.